The Morgan fingerprint density at radius 3 is 2.33 bits per heavy atom. The summed E-state index contributed by atoms with van der Waals surface area (Å²) >= 11 is 0. The number of aliphatic carboxylic acids is 1. The summed E-state index contributed by atoms with van der Waals surface area (Å²) in [6, 6.07) is 5.68. The van der Waals surface area contributed by atoms with Gasteiger partial charge in [0.1, 0.15) is 11.3 Å². The molecule has 0 atom stereocenters. The molecule has 0 aliphatic rings. The first-order valence-corrected chi connectivity index (χ1v) is 7.09. The average Bonchev–Trinajstić information content (AvgIpc) is 2.43. The highest BCUT2D eigenvalue weighted by atomic mass is 16.5. The SMILES string of the molecule is CCC(CC)(NC(=O)COc1ccc(C)cc1C)C(=O)O. The minimum atomic E-state index is -1.22. The lowest BCUT2D eigenvalue weighted by Crippen LogP contribution is -2.54. The van der Waals surface area contributed by atoms with E-state index in [0.29, 0.717) is 18.6 Å². The van der Waals surface area contributed by atoms with Crippen LogP contribution >= 0.6 is 0 Å². The molecular formula is C16H23NO4. The van der Waals surface area contributed by atoms with Crippen LogP contribution in [-0.4, -0.2) is 29.1 Å². The molecule has 1 aromatic carbocycles. The van der Waals surface area contributed by atoms with Gasteiger partial charge in [-0.05, 0) is 38.3 Å². The highest BCUT2D eigenvalue weighted by Gasteiger charge is 2.36. The fraction of sp³-hybridized carbons (Fsp3) is 0.500. The Morgan fingerprint density at radius 1 is 1.24 bits per heavy atom. The lowest BCUT2D eigenvalue weighted by atomic mass is 9.93. The van der Waals surface area contributed by atoms with Crippen LogP contribution in [-0.2, 0) is 9.59 Å². The van der Waals surface area contributed by atoms with Gasteiger partial charge in [0, 0.05) is 0 Å². The smallest absolute Gasteiger partial charge is 0.329 e. The lowest BCUT2D eigenvalue weighted by Gasteiger charge is -2.28. The van der Waals surface area contributed by atoms with E-state index in [0.717, 1.165) is 11.1 Å². The molecule has 0 fully saturated rings. The third-order valence-electron chi connectivity index (χ3n) is 3.68. The number of carboxylic acids is 1. The van der Waals surface area contributed by atoms with Gasteiger partial charge in [-0.15, -0.1) is 0 Å². The predicted molar refractivity (Wildman–Crippen MR) is 80.5 cm³/mol. The second kappa shape index (κ2) is 7.11. The number of carbonyl (C=O) groups is 2. The standard InChI is InChI=1S/C16H23NO4/c1-5-16(6-2,15(19)20)17-14(18)10-21-13-8-7-11(3)9-12(13)4/h7-9H,5-6,10H2,1-4H3,(H,17,18)(H,19,20). The van der Waals surface area contributed by atoms with E-state index in [1.54, 1.807) is 13.8 Å². The van der Waals surface area contributed by atoms with Crippen LogP contribution in [0.25, 0.3) is 0 Å². The average molecular weight is 293 g/mol. The van der Waals surface area contributed by atoms with Gasteiger partial charge < -0.3 is 15.2 Å². The summed E-state index contributed by atoms with van der Waals surface area (Å²) in [5, 5.41) is 11.8. The number of nitrogens with one attached hydrogen (secondary N) is 1. The monoisotopic (exact) mass is 293 g/mol. The zero-order valence-corrected chi connectivity index (χ0v) is 13.0. The zero-order valence-electron chi connectivity index (χ0n) is 13.0. The van der Waals surface area contributed by atoms with Gasteiger partial charge >= 0.3 is 5.97 Å². The zero-order chi connectivity index (χ0) is 16.0. The summed E-state index contributed by atoms with van der Waals surface area (Å²) in [5.41, 5.74) is 0.840. The first-order chi connectivity index (χ1) is 9.84. The summed E-state index contributed by atoms with van der Waals surface area (Å²) in [6.07, 6.45) is 0.655. The lowest BCUT2D eigenvalue weighted by molar-refractivity contribution is -0.148. The van der Waals surface area contributed by atoms with E-state index in [4.69, 9.17) is 4.74 Å². The molecule has 5 nitrogen and oxygen atoms in total. The first-order valence-electron chi connectivity index (χ1n) is 7.09. The molecule has 0 saturated carbocycles. The number of amides is 1. The molecule has 5 heteroatoms. The topological polar surface area (TPSA) is 75.6 Å². The Balaban J connectivity index is 2.67. The van der Waals surface area contributed by atoms with E-state index in [1.165, 1.54) is 0 Å². The normalized spacial score (nSPS) is 11.0. The molecule has 0 spiro atoms. The van der Waals surface area contributed by atoms with E-state index < -0.39 is 17.4 Å². The third-order valence-corrected chi connectivity index (χ3v) is 3.68. The number of benzene rings is 1. The van der Waals surface area contributed by atoms with Crippen molar-refractivity contribution in [2.75, 3.05) is 6.61 Å². The molecule has 0 heterocycles. The van der Waals surface area contributed by atoms with Crippen LogP contribution in [0.3, 0.4) is 0 Å². The highest BCUT2D eigenvalue weighted by Crippen LogP contribution is 2.19. The third kappa shape index (κ3) is 4.21. The van der Waals surface area contributed by atoms with Crippen molar-refractivity contribution in [3.8, 4) is 5.75 Å². The van der Waals surface area contributed by atoms with E-state index in [1.807, 2.05) is 32.0 Å². The fourth-order valence-corrected chi connectivity index (χ4v) is 2.19. The van der Waals surface area contributed by atoms with E-state index >= 15 is 0 Å². The number of rotatable bonds is 7. The number of carbonyl (C=O) groups excluding carboxylic acids is 1. The van der Waals surface area contributed by atoms with Gasteiger partial charge in [0.05, 0.1) is 0 Å². The summed E-state index contributed by atoms with van der Waals surface area (Å²) in [6.45, 7) is 7.16. The Bertz CT molecular complexity index is 521. The quantitative estimate of drug-likeness (QED) is 0.809. The number of hydrogen-bond acceptors (Lipinski definition) is 3. The van der Waals surface area contributed by atoms with E-state index in [2.05, 4.69) is 5.32 Å². The second-order valence-corrected chi connectivity index (χ2v) is 5.20. The van der Waals surface area contributed by atoms with Crippen LogP contribution in [0.2, 0.25) is 0 Å². The Hall–Kier alpha value is -2.04. The van der Waals surface area contributed by atoms with Crippen LogP contribution in [0.5, 0.6) is 5.75 Å². The summed E-state index contributed by atoms with van der Waals surface area (Å²) in [4.78, 5) is 23.3. The fourth-order valence-electron chi connectivity index (χ4n) is 2.19. The summed E-state index contributed by atoms with van der Waals surface area (Å²) in [7, 11) is 0. The molecule has 1 amide bonds. The maximum absolute atomic E-state index is 11.9. The maximum atomic E-state index is 11.9. The molecular weight excluding hydrogens is 270 g/mol. The predicted octanol–water partition coefficient (Wildman–Crippen LogP) is 2.44. The van der Waals surface area contributed by atoms with Crippen LogP contribution in [0.1, 0.15) is 37.8 Å². The van der Waals surface area contributed by atoms with Gasteiger partial charge in [-0.25, -0.2) is 4.79 Å². The van der Waals surface area contributed by atoms with Crippen molar-refractivity contribution in [3.63, 3.8) is 0 Å². The first kappa shape index (κ1) is 17.0. The van der Waals surface area contributed by atoms with Crippen LogP contribution in [0.4, 0.5) is 0 Å². The molecule has 0 aliphatic heterocycles. The van der Waals surface area contributed by atoms with Gasteiger partial charge in [0.15, 0.2) is 6.61 Å². The van der Waals surface area contributed by atoms with Crippen molar-refractivity contribution in [1.82, 2.24) is 5.32 Å². The molecule has 0 aliphatic carbocycles. The summed E-state index contributed by atoms with van der Waals surface area (Å²) in [5.74, 6) is -0.821. The van der Waals surface area contributed by atoms with Gasteiger partial charge in [-0.1, -0.05) is 31.5 Å². The number of carboxylic acid groups (broad SMARTS) is 1. The number of ether oxygens (including phenoxy) is 1. The van der Waals surface area contributed by atoms with Crippen molar-refractivity contribution < 1.29 is 19.4 Å². The van der Waals surface area contributed by atoms with Gasteiger partial charge in [-0.2, -0.15) is 0 Å². The second-order valence-electron chi connectivity index (χ2n) is 5.20. The molecule has 116 valence electrons. The summed E-state index contributed by atoms with van der Waals surface area (Å²) < 4.78 is 5.46. The van der Waals surface area contributed by atoms with Crippen molar-refractivity contribution in [2.24, 2.45) is 0 Å². The Morgan fingerprint density at radius 2 is 1.86 bits per heavy atom. The molecule has 0 unspecified atom stereocenters. The maximum Gasteiger partial charge on any atom is 0.329 e. The number of aryl methyl sites for hydroxylation is 2. The van der Waals surface area contributed by atoms with Gasteiger partial charge in [-0.3, -0.25) is 4.79 Å². The van der Waals surface area contributed by atoms with Crippen molar-refractivity contribution in [1.29, 1.82) is 0 Å². The minimum absolute atomic E-state index is 0.196. The number of hydrogen-bond donors (Lipinski definition) is 2. The van der Waals surface area contributed by atoms with Gasteiger partial charge in [0.2, 0.25) is 0 Å². The van der Waals surface area contributed by atoms with E-state index in [9.17, 15) is 14.7 Å². The van der Waals surface area contributed by atoms with Crippen molar-refractivity contribution >= 4 is 11.9 Å². The van der Waals surface area contributed by atoms with E-state index in [-0.39, 0.29) is 6.61 Å². The molecule has 2 N–H and O–H groups in total. The molecule has 0 aromatic heterocycles. The Labute approximate surface area is 125 Å². The molecule has 0 radical (unpaired) electrons. The highest BCUT2D eigenvalue weighted by molar-refractivity contribution is 5.87. The van der Waals surface area contributed by atoms with Crippen LogP contribution in [0, 0.1) is 13.8 Å². The van der Waals surface area contributed by atoms with Crippen LogP contribution in [0.15, 0.2) is 18.2 Å². The molecule has 1 rings (SSSR count). The largest absolute Gasteiger partial charge is 0.484 e. The molecule has 21 heavy (non-hydrogen) atoms. The van der Waals surface area contributed by atoms with Gasteiger partial charge in [0.25, 0.3) is 5.91 Å². The molecule has 0 bridgehead atoms. The van der Waals surface area contributed by atoms with Crippen molar-refractivity contribution in [2.45, 2.75) is 46.1 Å². The molecule has 1 aromatic rings. The minimum Gasteiger partial charge on any atom is -0.484 e. The van der Waals surface area contributed by atoms with Crippen molar-refractivity contribution in [3.05, 3.63) is 29.3 Å². The van der Waals surface area contributed by atoms with Crippen LogP contribution < -0.4 is 10.1 Å². The Kier molecular flexibility index (Phi) is 5.76. The molecule has 0 saturated heterocycles.